The Hall–Kier alpha value is -3.71. The van der Waals surface area contributed by atoms with Crippen LogP contribution in [0.15, 0.2) is 35.1 Å². The molecular formula is C27H31N5O4S. The summed E-state index contributed by atoms with van der Waals surface area (Å²) in [6.45, 7) is 6.40. The monoisotopic (exact) mass is 521 g/mol. The number of nitrogens with zero attached hydrogens (tertiary/aromatic N) is 4. The average Bonchev–Trinajstić information content (AvgIpc) is 3.33. The molecule has 2 aromatic heterocycles. The van der Waals surface area contributed by atoms with Crippen LogP contribution in [0, 0.1) is 17.2 Å². The fourth-order valence-corrected chi connectivity index (χ4v) is 5.52. The van der Waals surface area contributed by atoms with E-state index in [0.717, 1.165) is 42.8 Å². The van der Waals surface area contributed by atoms with E-state index in [1.807, 2.05) is 12.1 Å². The number of thiophene rings is 1. The van der Waals surface area contributed by atoms with Gasteiger partial charge in [-0.25, -0.2) is 4.98 Å². The zero-order valence-corrected chi connectivity index (χ0v) is 22.0. The highest BCUT2D eigenvalue weighted by Gasteiger charge is 2.24. The summed E-state index contributed by atoms with van der Waals surface area (Å²) in [5.41, 5.74) is 1.53. The Morgan fingerprint density at radius 2 is 2.14 bits per heavy atom. The lowest BCUT2D eigenvalue weighted by Crippen LogP contribution is -2.39. The standard InChI is InChI=1S/C27H31N5O4S/c1-3-36-23(33)11-6-12-29-25(34)22-14-21-24(37-22)26(35)32(17-20-10-5-4-9-19(20)15-28)27(30-21)31-13-7-8-18(2)16-31/h4-5,9-10,14,18H,3,6-8,11-13,16-17H2,1-2H3,(H,29,34)/t18-/m1/s1. The third-order valence-electron chi connectivity index (χ3n) is 6.39. The normalized spacial score (nSPS) is 15.4. The zero-order valence-electron chi connectivity index (χ0n) is 21.2. The second-order valence-electron chi connectivity index (χ2n) is 9.25. The summed E-state index contributed by atoms with van der Waals surface area (Å²) in [7, 11) is 0. The van der Waals surface area contributed by atoms with Gasteiger partial charge in [-0.05, 0) is 49.8 Å². The summed E-state index contributed by atoms with van der Waals surface area (Å²) in [5.74, 6) is 0.442. The Bertz CT molecular complexity index is 1390. The first-order valence-corrected chi connectivity index (χ1v) is 13.4. The highest BCUT2D eigenvalue weighted by Crippen LogP contribution is 2.27. The minimum atomic E-state index is -0.305. The van der Waals surface area contributed by atoms with Crippen molar-refractivity contribution < 1.29 is 14.3 Å². The van der Waals surface area contributed by atoms with E-state index >= 15 is 0 Å². The van der Waals surface area contributed by atoms with Gasteiger partial charge in [-0.3, -0.25) is 19.0 Å². The van der Waals surface area contributed by atoms with Crippen molar-refractivity contribution in [1.29, 1.82) is 5.26 Å². The van der Waals surface area contributed by atoms with E-state index in [2.05, 4.69) is 23.2 Å². The van der Waals surface area contributed by atoms with Crippen molar-refractivity contribution in [3.63, 3.8) is 0 Å². The number of rotatable bonds is 9. The molecule has 0 bridgehead atoms. The van der Waals surface area contributed by atoms with Crippen molar-refractivity contribution in [2.24, 2.45) is 5.92 Å². The molecule has 1 saturated heterocycles. The number of carbonyl (C=O) groups is 2. The molecule has 3 aromatic rings. The van der Waals surface area contributed by atoms with Gasteiger partial charge >= 0.3 is 5.97 Å². The van der Waals surface area contributed by atoms with E-state index in [1.54, 1.807) is 29.7 Å². The molecule has 10 heteroatoms. The van der Waals surface area contributed by atoms with Crippen LogP contribution in [0.5, 0.6) is 0 Å². The van der Waals surface area contributed by atoms with E-state index in [9.17, 15) is 19.6 Å². The molecule has 0 spiro atoms. The van der Waals surface area contributed by atoms with E-state index < -0.39 is 0 Å². The molecule has 9 nitrogen and oxygen atoms in total. The predicted molar refractivity (Wildman–Crippen MR) is 143 cm³/mol. The Morgan fingerprint density at radius 1 is 1.32 bits per heavy atom. The van der Waals surface area contributed by atoms with Gasteiger partial charge in [0.05, 0.1) is 35.2 Å². The molecule has 0 unspecified atom stereocenters. The van der Waals surface area contributed by atoms with Gasteiger partial charge in [0.2, 0.25) is 5.95 Å². The molecule has 1 aromatic carbocycles. The lowest BCUT2D eigenvalue weighted by Gasteiger charge is -2.33. The Kier molecular flexibility index (Phi) is 8.56. The number of amides is 1. The number of hydrogen-bond acceptors (Lipinski definition) is 8. The Labute approximate surface area is 219 Å². The number of aromatic nitrogens is 2. The molecule has 194 valence electrons. The number of hydrogen-bond donors (Lipinski definition) is 1. The van der Waals surface area contributed by atoms with Gasteiger partial charge in [0.1, 0.15) is 4.70 Å². The number of esters is 1. The van der Waals surface area contributed by atoms with Crippen molar-refractivity contribution >= 4 is 39.4 Å². The predicted octanol–water partition coefficient (Wildman–Crippen LogP) is 3.69. The third-order valence-corrected chi connectivity index (χ3v) is 7.50. The van der Waals surface area contributed by atoms with Crippen LogP contribution in [-0.2, 0) is 16.1 Å². The van der Waals surface area contributed by atoms with Crippen LogP contribution in [0.1, 0.15) is 60.3 Å². The molecular weight excluding hydrogens is 490 g/mol. The first-order chi connectivity index (χ1) is 17.9. The minimum Gasteiger partial charge on any atom is -0.466 e. The van der Waals surface area contributed by atoms with Gasteiger partial charge in [-0.15, -0.1) is 11.3 Å². The van der Waals surface area contributed by atoms with Crippen LogP contribution < -0.4 is 15.8 Å². The summed E-state index contributed by atoms with van der Waals surface area (Å²) < 4.78 is 6.94. The topological polar surface area (TPSA) is 117 Å². The van der Waals surface area contributed by atoms with Crippen LogP contribution in [0.4, 0.5) is 5.95 Å². The van der Waals surface area contributed by atoms with Gasteiger partial charge in [0.25, 0.3) is 11.5 Å². The van der Waals surface area contributed by atoms with E-state index in [-0.39, 0.29) is 30.4 Å². The SMILES string of the molecule is CCOC(=O)CCCNC(=O)c1cc2nc(N3CCC[C@@H](C)C3)n(Cc3ccccc3C#N)c(=O)c2s1. The summed E-state index contributed by atoms with van der Waals surface area (Å²) in [5, 5.41) is 12.4. The summed E-state index contributed by atoms with van der Waals surface area (Å²) in [6.07, 6.45) is 2.83. The third kappa shape index (κ3) is 6.17. The molecule has 1 N–H and O–H groups in total. The molecule has 0 aliphatic carbocycles. The minimum absolute atomic E-state index is 0.221. The van der Waals surface area contributed by atoms with Crippen LogP contribution in [0.3, 0.4) is 0 Å². The molecule has 1 aliphatic heterocycles. The number of fused-ring (bicyclic) bond motifs is 1. The van der Waals surface area contributed by atoms with Gasteiger partial charge in [-0.1, -0.05) is 25.1 Å². The largest absolute Gasteiger partial charge is 0.466 e. The highest BCUT2D eigenvalue weighted by molar-refractivity contribution is 7.20. The number of piperidine rings is 1. The van der Waals surface area contributed by atoms with Gasteiger partial charge in [0, 0.05) is 26.1 Å². The quantitative estimate of drug-likeness (QED) is 0.337. The van der Waals surface area contributed by atoms with Gasteiger partial charge in [0.15, 0.2) is 0 Å². The van der Waals surface area contributed by atoms with Crippen molar-refractivity contribution in [2.45, 2.75) is 46.1 Å². The molecule has 0 saturated carbocycles. The number of ether oxygens (including phenoxy) is 1. The number of nitriles is 1. The Balaban J connectivity index is 1.65. The summed E-state index contributed by atoms with van der Waals surface area (Å²) in [4.78, 5) is 45.4. The smallest absolute Gasteiger partial charge is 0.305 e. The molecule has 1 atom stereocenters. The lowest BCUT2D eigenvalue weighted by molar-refractivity contribution is -0.143. The molecule has 1 aliphatic rings. The van der Waals surface area contributed by atoms with Crippen LogP contribution in [0.2, 0.25) is 0 Å². The average molecular weight is 522 g/mol. The number of anilines is 1. The maximum Gasteiger partial charge on any atom is 0.305 e. The van der Waals surface area contributed by atoms with E-state index in [1.165, 1.54) is 0 Å². The van der Waals surface area contributed by atoms with Crippen molar-refractivity contribution in [1.82, 2.24) is 14.9 Å². The summed E-state index contributed by atoms with van der Waals surface area (Å²) in [6, 6.07) is 11.1. The molecule has 4 rings (SSSR count). The van der Waals surface area contributed by atoms with Gasteiger partial charge < -0.3 is 15.0 Å². The number of carbonyl (C=O) groups excluding carboxylic acids is 2. The van der Waals surface area contributed by atoms with Crippen LogP contribution >= 0.6 is 11.3 Å². The maximum atomic E-state index is 13.8. The van der Waals surface area contributed by atoms with E-state index in [4.69, 9.17) is 9.72 Å². The second-order valence-corrected chi connectivity index (χ2v) is 10.3. The van der Waals surface area contributed by atoms with Crippen molar-refractivity contribution in [3.8, 4) is 6.07 Å². The van der Waals surface area contributed by atoms with E-state index in [0.29, 0.717) is 52.1 Å². The molecule has 3 heterocycles. The molecule has 0 radical (unpaired) electrons. The fraction of sp³-hybridized carbons (Fsp3) is 0.444. The Morgan fingerprint density at radius 3 is 2.89 bits per heavy atom. The number of benzene rings is 1. The zero-order chi connectivity index (χ0) is 26.4. The fourth-order valence-electron chi connectivity index (χ4n) is 4.56. The lowest BCUT2D eigenvalue weighted by atomic mass is 10.0. The highest BCUT2D eigenvalue weighted by atomic mass is 32.1. The maximum absolute atomic E-state index is 13.8. The molecule has 1 amide bonds. The van der Waals surface area contributed by atoms with Crippen molar-refractivity contribution in [3.05, 3.63) is 56.7 Å². The second kappa shape index (κ2) is 12.0. The first kappa shape index (κ1) is 26.4. The number of nitrogens with one attached hydrogen (secondary N) is 1. The van der Waals surface area contributed by atoms with Crippen LogP contribution in [0.25, 0.3) is 10.2 Å². The van der Waals surface area contributed by atoms with Crippen molar-refractivity contribution in [2.75, 3.05) is 31.1 Å². The first-order valence-electron chi connectivity index (χ1n) is 12.6. The summed E-state index contributed by atoms with van der Waals surface area (Å²) >= 11 is 1.11. The van der Waals surface area contributed by atoms with Crippen LogP contribution in [-0.4, -0.2) is 47.7 Å². The molecule has 37 heavy (non-hydrogen) atoms. The van der Waals surface area contributed by atoms with Gasteiger partial charge in [-0.2, -0.15) is 5.26 Å². The molecule has 1 fully saturated rings.